The van der Waals surface area contributed by atoms with E-state index in [9.17, 15) is 0 Å². The van der Waals surface area contributed by atoms with Crippen molar-refractivity contribution in [2.24, 2.45) is 5.11 Å². The van der Waals surface area contributed by atoms with Crippen LogP contribution >= 0.6 is 0 Å². The zero-order chi connectivity index (χ0) is 9.52. The van der Waals surface area contributed by atoms with E-state index in [2.05, 4.69) is 14.9 Å². The summed E-state index contributed by atoms with van der Waals surface area (Å²) < 4.78 is 0. The molecule has 5 heteroatoms. The van der Waals surface area contributed by atoms with Crippen LogP contribution in [0.15, 0.2) is 5.11 Å². The van der Waals surface area contributed by atoms with Gasteiger partial charge in [0.25, 0.3) is 0 Å². The van der Waals surface area contributed by atoms with Crippen LogP contribution in [0.5, 0.6) is 0 Å². The Balaban J connectivity index is 2.16. The fraction of sp³-hybridized carbons (Fsp3) is 1.00. The highest BCUT2D eigenvalue weighted by Crippen LogP contribution is 2.16. The van der Waals surface area contributed by atoms with Gasteiger partial charge in [0.05, 0.1) is 6.61 Å². The zero-order valence-electron chi connectivity index (χ0n) is 7.76. The summed E-state index contributed by atoms with van der Waals surface area (Å²) in [7, 11) is 0. The van der Waals surface area contributed by atoms with E-state index < -0.39 is 0 Å². The number of rotatable bonds is 5. The van der Waals surface area contributed by atoms with Crippen molar-refractivity contribution in [3.8, 4) is 0 Å². The van der Waals surface area contributed by atoms with Gasteiger partial charge in [-0.2, -0.15) is 0 Å². The molecular weight excluding hydrogens is 168 g/mol. The fourth-order valence-corrected chi connectivity index (χ4v) is 1.79. The van der Waals surface area contributed by atoms with E-state index in [1.165, 1.54) is 6.42 Å². The average molecular weight is 184 g/mol. The fourth-order valence-electron chi connectivity index (χ4n) is 1.79. The highest BCUT2D eigenvalue weighted by molar-refractivity contribution is 4.78. The summed E-state index contributed by atoms with van der Waals surface area (Å²) in [4.78, 5) is 4.97. The molecule has 1 aliphatic rings. The molecule has 1 N–H and O–H groups in total. The van der Waals surface area contributed by atoms with Crippen molar-refractivity contribution < 1.29 is 5.11 Å². The van der Waals surface area contributed by atoms with Crippen molar-refractivity contribution in [2.45, 2.75) is 25.3 Å². The first kappa shape index (κ1) is 10.3. The molecule has 1 atom stereocenters. The molecule has 1 fully saturated rings. The quantitative estimate of drug-likeness (QED) is 0.301. The molecule has 0 aromatic carbocycles. The molecule has 0 spiro atoms. The molecule has 0 aromatic heterocycles. The Hall–Kier alpha value is -0.770. The predicted molar refractivity (Wildman–Crippen MR) is 50.3 cm³/mol. The van der Waals surface area contributed by atoms with E-state index in [0.29, 0.717) is 12.6 Å². The standard InChI is InChI=1S/C8H16N4O/c9-11-10-4-2-6-12-5-1-3-8(12)7-13/h8,13H,1-7H2/t8-/m0/s1. The van der Waals surface area contributed by atoms with E-state index >= 15 is 0 Å². The van der Waals surface area contributed by atoms with Gasteiger partial charge in [0.1, 0.15) is 0 Å². The Morgan fingerprint density at radius 1 is 1.62 bits per heavy atom. The number of aliphatic hydroxyl groups excluding tert-OH is 1. The minimum atomic E-state index is 0.252. The maximum atomic E-state index is 9.02. The molecule has 0 bridgehead atoms. The summed E-state index contributed by atoms with van der Waals surface area (Å²) in [5, 5.41) is 12.5. The van der Waals surface area contributed by atoms with Crippen LogP contribution in [0.3, 0.4) is 0 Å². The van der Waals surface area contributed by atoms with Crippen molar-refractivity contribution >= 4 is 0 Å². The number of hydrogen-bond donors (Lipinski definition) is 1. The summed E-state index contributed by atoms with van der Waals surface area (Å²) in [5.41, 5.74) is 8.06. The van der Waals surface area contributed by atoms with Crippen molar-refractivity contribution in [1.82, 2.24) is 4.90 Å². The van der Waals surface area contributed by atoms with Crippen LogP contribution < -0.4 is 0 Å². The van der Waals surface area contributed by atoms with Gasteiger partial charge in [0, 0.05) is 17.5 Å². The number of likely N-dealkylation sites (tertiary alicyclic amines) is 1. The SMILES string of the molecule is [N-]=[N+]=NCCCN1CCC[C@H]1CO. The van der Waals surface area contributed by atoms with Gasteiger partial charge in [-0.15, -0.1) is 0 Å². The first-order valence-corrected chi connectivity index (χ1v) is 4.74. The third kappa shape index (κ3) is 3.22. The topological polar surface area (TPSA) is 72.2 Å². The molecule has 0 saturated carbocycles. The Bertz CT molecular complexity index is 191. The molecule has 0 radical (unpaired) electrons. The van der Waals surface area contributed by atoms with E-state index in [1.54, 1.807) is 0 Å². The van der Waals surface area contributed by atoms with E-state index in [0.717, 1.165) is 25.9 Å². The van der Waals surface area contributed by atoms with Crippen molar-refractivity contribution in [3.63, 3.8) is 0 Å². The zero-order valence-corrected chi connectivity index (χ0v) is 7.76. The molecule has 1 rings (SSSR count). The summed E-state index contributed by atoms with van der Waals surface area (Å²) in [5.74, 6) is 0. The van der Waals surface area contributed by atoms with Crippen LogP contribution in [0.25, 0.3) is 10.4 Å². The molecule has 0 aromatic rings. The molecule has 74 valence electrons. The molecule has 5 nitrogen and oxygen atoms in total. The molecule has 13 heavy (non-hydrogen) atoms. The van der Waals surface area contributed by atoms with Gasteiger partial charge in [-0.1, -0.05) is 5.11 Å². The smallest absolute Gasteiger partial charge is 0.0586 e. The Morgan fingerprint density at radius 3 is 3.15 bits per heavy atom. The van der Waals surface area contributed by atoms with Crippen molar-refractivity contribution in [3.05, 3.63) is 10.4 Å². The molecule has 0 amide bonds. The van der Waals surface area contributed by atoms with Gasteiger partial charge < -0.3 is 5.11 Å². The lowest BCUT2D eigenvalue weighted by Gasteiger charge is -2.21. The monoisotopic (exact) mass is 184 g/mol. The highest BCUT2D eigenvalue weighted by Gasteiger charge is 2.22. The number of nitrogens with zero attached hydrogens (tertiary/aromatic N) is 4. The maximum Gasteiger partial charge on any atom is 0.0586 e. The molecule has 1 aliphatic heterocycles. The Morgan fingerprint density at radius 2 is 2.46 bits per heavy atom. The number of azide groups is 1. The Kier molecular flexibility index (Phi) is 4.60. The lowest BCUT2D eigenvalue weighted by atomic mass is 10.2. The lowest BCUT2D eigenvalue weighted by Crippen LogP contribution is -2.33. The third-order valence-corrected chi connectivity index (χ3v) is 2.48. The minimum Gasteiger partial charge on any atom is -0.395 e. The summed E-state index contributed by atoms with van der Waals surface area (Å²) in [6.45, 7) is 2.82. The molecule has 1 saturated heterocycles. The van der Waals surface area contributed by atoms with Gasteiger partial charge in [-0.3, -0.25) is 4.90 Å². The summed E-state index contributed by atoms with van der Waals surface area (Å²) >= 11 is 0. The average Bonchev–Trinajstić information content (AvgIpc) is 2.60. The molecule has 1 heterocycles. The van der Waals surface area contributed by atoms with E-state index in [1.807, 2.05) is 0 Å². The largest absolute Gasteiger partial charge is 0.395 e. The lowest BCUT2D eigenvalue weighted by molar-refractivity contribution is 0.158. The van der Waals surface area contributed by atoms with Gasteiger partial charge >= 0.3 is 0 Å². The number of hydrogen-bond acceptors (Lipinski definition) is 3. The second-order valence-electron chi connectivity index (χ2n) is 3.32. The molecular formula is C8H16N4O. The Labute approximate surface area is 78.0 Å². The van der Waals surface area contributed by atoms with Gasteiger partial charge in [-0.05, 0) is 37.9 Å². The first-order chi connectivity index (χ1) is 6.38. The maximum absolute atomic E-state index is 9.02. The van der Waals surface area contributed by atoms with E-state index in [-0.39, 0.29) is 6.61 Å². The van der Waals surface area contributed by atoms with Crippen LogP contribution in [0.1, 0.15) is 19.3 Å². The van der Waals surface area contributed by atoms with Gasteiger partial charge in [0.15, 0.2) is 0 Å². The highest BCUT2D eigenvalue weighted by atomic mass is 16.3. The molecule has 0 aliphatic carbocycles. The number of aliphatic hydroxyl groups is 1. The summed E-state index contributed by atoms with van der Waals surface area (Å²) in [6, 6.07) is 0.339. The van der Waals surface area contributed by atoms with Crippen LogP contribution in [0, 0.1) is 0 Å². The molecule has 0 unspecified atom stereocenters. The normalized spacial score (nSPS) is 23.0. The second-order valence-corrected chi connectivity index (χ2v) is 3.32. The van der Waals surface area contributed by atoms with Crippen molar-refractivity contribution in [2.75, 3.05) is 26.2 Å². The van der Waals surface area contributed by atoms with Crippen LogP contribution in [-0.2, 0) is 0 Å². The van der Waals surface area contributed by atoms with Crippen LogP contribution in [-0.4, -0.2) is 42.3 Å². The van der Waals surface area contributed by atoms with Gasteiger partial charge in [-0.25, -0.2) is 0 Å². The van der Waals surface area contributed by atoms with Crippen LogP contribution in [0.2, 0.25) is 0 Å². The predicted octanol–water partition coefficient (Wildman–Crippen LogP) is 1.14. The first-order valence-electron chi connectivity index (χ1n) is 4.74. The minimum absolute atomic E-state index is 0.252. The van der Waals surface area contributed by atoms with Crippen molar-refractivity contribution in [1.29, 1.82) is 0 Å². The third-order valence-electron chi connectivity index (χ3n) is 2.48. The van der Waals surface area contributed by atoms with E-state index in [4.69, 9.17) is 10.6 Å². The van der Waals surface area contributed by atoms with Gasteiger partial charge in [0.2, 0.25) is 0 Å². The van der Waals surface area contributed by atoms with Crippen LogP contribution in [0.4, 0.5) is 0 Å². The summed E-state index contributed by atoms with van der Waals surface area (Å²) in [6.07, 6.45) is 3.16. The second kappa shape index (κ2) is 5.80.